The number of hydrogen-bond acceptors (Lipinski definition) is 3. The molecule has 1 aliphatic heterocycles. The molecule has 1 fully saturated rings. The maximum Gasteiger partial charge on any atom is 0.0426 e. The lowest BCUT2D eigenvalue weighted by atomic mass is 10.0. The van der Waals surface area contributed by atoms with E-state index < -0.39 is 0 Å². The molecule has 1 aromatic carbocycles. The fourth-order valence-electron chi connectivity index (χ4n) is 3.28. The van der Waals surface area contributed by atoms with Crippen molar-refractivity contribution in [2.45, 2.75) is 26.8 Å². The van der Waals surface area contributed by atoms with Gasteiger partial charge in [-0.1, -0.05) is 17.7 Å². The van der Waals surface area contributed by atoms with Crippen molar-refractivity contribution in [3.8, 4) is 0 Å². The number of nitrogens with zero attached hydrogens (tertiary/aromatic N) is 2. The number of aryl methyl sites for hydroxylation is 3. The lowest BCUT2D eigenvalue weighted by molar-refractivity contribution is 0.216. The molecular weight excluding hydrogens is 234 g/mol. The van der Waals surface area contributed by atoms with Crippen LogP contribution >= 0.6 is 0 Å². The number of rotatable bonds is 3. The first-order valence-corrected chi connectivity index (χ1v) is 7.20. The molecule has 1 saturated heterocycles. The monoisotopic (exact) mass is 261 g/mol. The second-order valence-electron chi connectivity index (χ2n) is 5.89. The van der Waals surface area contributed by atoms with Crippen molar-refractivity contribution in [1.29, 1.82) is 0 Å². The average molecular weight is 261 g/mol. The lowest BCUT2D eigenvalue weighted by Gasteiger charge is -2.41. The first-order valence-electron chi connectivity index (χ1n) is 7.20. The Bertz CT molecular complexity index is 419. The smallest absolute Gasteiger partial charge is 0.0426 e. The van der Waals surface area contributed by atoms with E-state index in [2.05, 4.69) is 55.1 Å². The number of hydrogen-bond donors (Lipinski definition) is 1. The third-order valence-corrected chi connectivity index (χ3v) is 4.17. The standard InChI is InChI=1S/C16H27N3/c1-12-8-13(2)16(14(3)9-12)19-7-6-18(5)15(11-19)10-17-4/h8-9,15,17H,6-7,10-11H2,1-5H3. The van der Waals surface area contributed by atoms with Crippen molar-refractivity contribution in [2.75, 3.05) is 45.2 Å². The van der Waals surface area contributed by atoms with Gasteiger partial charge < -0.3 is 10.2 Å². The Morgan fingerprint density at radius 1 is 1.16 bits per heavy atom. The van der Waals surface area contributed by atoms with Crippen molar-refractivity contribution in [1.82, 2.24) is 10.2 Å². The Morgan fingerprint density at radius 3 is 2.37 bits per heavy atom. The summed E-state index contributed by atoms with van der Waals surface area (Å²) in [7, 11) is 4.27. The predicted octanol–water partition coefficient (Wildman–Crippen LogP) is 1.95. The molecular formula is C16H27N3. The van der Waals surface area contributed by atoms with E-state index in [0.717, 1.165) is 26.2 Å². The molecule has 0 radical (unpaired) electrons. The summed E-state index contributed by atoms with van der Waals surface area (Å²) in [6, 6.07) is 5.19. The van der Waals surface area contributed by atoms with Crippen molar-refractivity contribution in [2.24, 2.45) is 0 Å². The van der Waals surface area contributed by atoms with Crippen LogP contribution in [-0.4, -0.2) is 51.2 Å². The summed E-state index contributed by atoms with van der Waals surface area (Å²) in [5.74, 6) is 0. The Balaban J connectivity index is 2.23. The Labute approximate surface area is 117 Å². The van der Waals surface area contributed by atoms with Crippen LogP contribution in [0.5, 0.6) is 0 Å². The highest BCUT2D eigenvalue weighted by Crippen LogP contribution is 2.28. The van der Waals surface area contributed by atoms with E-state index in [1.807, 2.05) is 7.05 Å². The fourth-order valence-corrected chi connectivity index (χ4v) is 3.28. The van der Waals surface area contributed by atoms with E-state index >= 15 is 0 Å². The molecule has 0 bridgehead atoms. The zero-order valence-corrected chi connectivity index (χ0v) is 13.0. The summed E-state index contributed by atoms with van der Waals surface area (Å²) in [4.78, 5) is 5.03. The van der Waals surface area contributed by atoms with Gasteiger partial charge in [-0.15, -0.1) is 0 Å². The molecule has 19 heavy (non-hydrogen) atoms. The van der Waals surface area contributed by atoms with Crippen LogP contribution in [-0.2, 0) is 0 Å². The quantitative estimate of drug-likeness (QED) is 0.897. The minimum atomic E-state index is 0.596. The van der Waals surface area contributed by atoms with Crippen molar-refractivity contribution < 1.29 is 0 Å². The first kappa shape index (κ1) is 14.4. The van der Waals surface area contributed by atoms with Crippen LogP contribution in [0.3, 0.4) is 0 Å². The highest BCUT2D eigenvalue weighted by Gasteiger charge is 2.25. The van der Waals surface area contributed by atoms with Gasteiger partial charge in [0.15, 0.2) is 0 Å². The van der Waals surface area contributed by atoms with E-state index in [0.29, 0.717) is 6.04 Å². The third-order valence-electron chi connectivity index (χ3n) is 4.17. The predicted molar refractivity (Wildman–Crippen MR) is 83.2 cm³/mol. The van der Waals surface area contributed by atoms with Crippen LogP contribution in [0.2, 0.25) is 0 Å². The van der Waals surface area contributed by atoms with Crippen LogP contribution in [0.15, 0.2) is 12.1 Å². The van der Waals surface area contributed by atoms with Gasteiger partial charge in [0.25, 0.3) is 0 Å². The molecule has 0 saturated carbocycles. The second-order valence-corrected chi connectivity index (χ2v) is 5.89. The minimum Gasteiger partial charge on any atom is -0.368 e. The molecule has 1 heterocycles. The van der Waals surface area contributed by atoms with E-state index in [1.165, 1.54) is 22.4 Å². The molecule has 1 unspecified atom stereocenters. The maximum atomic E-state index is 3.31. The molecule has 1 aromatic rings. The van der Waals surface area contributed by atoms with Crippen LogP contribution < -0.4 is 10.2 Å². The topological polar surface area (TPSA) is 18.5 Å². The minimum absolute atomic E-state index is 0.596. The van der Waals surface area contributed by atoms with Gasteiger partial charge in [0.1, 0.15) is 0 Å². The maximum absolute atomic E-state index is 3.31. The lowest BCUT2D eigenvalue weighted by Crippen LogP contribution is -2.55. The Kier molecular flexibility index (Phi) is 4.48. The van der Waals surface area contributed by atoms with Gasteiger partial charge in [-0.05, 0) is 46.0 Å². The number of piperazine rings is 1. The van der Waals surface area contributed by atoms with E-state index in [4.69, 9.17) is 0 Å². The molecule has 1 atom stereocenters. The number of anilines is 1. The number of likely N-dealkylation sites (N-methyl/N-ethyl adjacent to an activating group) is 2. The second kappa shape index (κ2) is 5.93. The molecule has 3 heteroatoms. The highest BCUT2D eigenvalue weighted by atomic mass is 15.3. The number of benzene rings is 1. The zero-order valence-electron chi connectivity index (χ0n) is 13.0. The molecule has 2 rings (SSSR count). The number of nitrogens with one attached hydrogen (secondary N) is 1. The summed E-state index contributed by atoms with van der Waals surface area (Å²) < 4.78 is 0. The SMILES string of the molecule is CNCC1CN(c2c(C)cc(C)cc2C)CCN1C. The molecule has 1 aliphatic rings. The summed E-state index contributed by atoms with van der Waals surface area (Å²) in [6.07, 6.45) is 0. The Hall–Kier alpha value is -1.06. The van der Waals surface area contributed by atoms with Gasteiger partial charge >= 0.3 is 0 Å². The molecule has 0 amide bonds. The van der Waals surface area contributed by atoms with Gasteiger partial charge in [0, 0.05) is 37.9 Å². The van der Waals surface area contributed by atoms with Crippen molar-refractivity contribution >= 4 is 5.69 Å². The van der Waals surface area contributed by atoms with Gasteiger partial charge in [0.2, 0.25) is 0 Å². The summed E-state index contributed by atoms with van der Waals surface area (Å²) in [6.45, 7) is 11.1. The summed E-state index contributed by atoms with van der Waals surface area (Å²) >= 11 is 0. The van der Waals surface area contributed by atoms with Crippen LogP contribution in [0, 0.1) is 20.8 Å². The average Bonchev–Trinajstić information content (AvgIpc) is 2.32. The van der Waals surface area contributed by atoms with Crippen LogP contribution in [0.4, 0.5) is 5.69 Å². The molecule has 1 N–H and O–H groups in total. The van der Waals surface area contributed by atoms with Crippen LogP contribution in [0.25, 0.3) is 0 Å². The van der Waals surface area contributed by atoms with E-state index in [1.54, 1.807) is 0 Å². The van der Waals surface area contributed by atoms with Crippen molar-refractivity contribution in [3.05, 3.63) is 28.8 Å². The molecule has 0 aliphatic carbocycles. The largest absolute Gasteiger partial charge is 0.368 e. The van der Waals surface area contributed by atoms with Crippen molar-refractivity contribution in [3.63, 3.8) is 0 Å². The molecule has 0 aromatic heterocycles. The van der Waals surface area contributed by atoms with Crippen LogP contribution in [0.1, 0.15) is 16.7 Å². The zero-order chi connectivity index (χ0) is 14.0. The molecule has 0 spiro atoms. The van der Waals surface area contributed by atoms with E-state index in [9.17, 15) is 0 Å². The Morgan fingerprint density at radius 2 is 1.79 bits per heavy atom. The van der Waals surface area contributed by atoms with Gasteiger partial charge in [-0.2, -0.15) is 0 Å². The first-order chi connectivity index (χ1) is 9.02. The normalized spacial score (nSPS) is 20.9. The van der Waals surface area contributed by atoms with Gasteiger partial charge in [0.05, 0.1) is 0 Å². The fraction of sp³-hybridized carbons (Fsp3) is 0.625. The van der Waals surface area contributed by atoms with Gasteiger partial charge in [-0.3, -0.25) is 4.90 Å². The van der Waals surface area contributed by atoms with E-state index in [-0.39, 0.29) is 0 Å². The third kappa shape index (κ3) is 3.10. The van der Waals surface area contributed by atoms with Gasteiger partial charge in [-0.25, -0.2) is 0 Å². The summed E-state index contributed by atoms with van der Waals surface area (Å²) in [5.41, 5.74) is 5.62. The molecule has 3 nitrogen and oxygen atoms in total. The molecule has 106 valence electrons. The highest BCUT2D eigenvalue weighted by molar-refractivity contribution is 5.60. The summed E-state index contributed by atoms with van der Waals surface area (Å²) in [5, 5.41) is 3.31.